The minimum Gasteiger partial charge on any atom is -0.330 e. The Morgan fingerprint density at radius 3 is 2.89 bits per heavy atom. The first-order chi connectivity index (χ1) is 8.61. The van der Waals surface area contributed by atoms with E-state index >= 15 is 0 Å². The van der Waals surface area contributed by atoms with Crippen molar-refractivity contribution in [2.75, 3.05) is 13.6 Å². The predicted molar refractivity (Wildman–Crippen MR) is 73.1 cm³/mol. The number of hydrogen-bond donors (Lipinski definition) is 1. The summed E-state index contributed by atoms with van der Waals surface area (Å²) < 4.78 is 13.1. The molecule has 4 heteroatoms. The monoisotopic (exact) mass is 270 g/mol. The normalized spacial score (nSPS) is 23.8. The van der Waals surface area contributed by atoms with Crippen molar-refractivity contribution < 1.29 is 4.39 Å². The molecule has 1 aliphatic carbocycles. The number of rotatable bonds is 4. The SMILES string of the molecule is CN(Cc1ccc(F)c(Cl)c1)C1CCCC1CN. The minimum absolute atomic E-state index is 0.197. The van der Waals surface area contributed by atoms with Crippen molar-refractivity contribution in [1.29, 1.82) is 0 Å². The molecule has 1 aliphatic rings. The molecule has 0 saturated heterocycles. The van der Waals surface area contributed by atoms with Gasteiger partial charge in [0.1, 0.15) is 5.82 Å². The maximum atomic E-state index is 13.1. The summed E-state index contributed by atoms with van der Waals surface area (Å²) in [6, 6.07) is 5.48. The van der Waals surface area contributed by atoms with E-state index in [9.17, 15) is 4.39 Å². The second-order valence-corrected chi connectivity index (χ2v) is 5.56. The van der Waals surface area contributed by atoms with Gasteiger partial charge in [-0.25, -0.2) is 4.39 Å². The van der Waals surface area contributed by atoms with E-state index in [0.29, 0.717) is 12.0 Å². The Hall–Kier alpha value is -0.640. The highest BCUT2D eigenvalue weighted by Gasteiger charge is 2.29. The van der Waals surface area contributed by atoms with Crippen LogP contribution in [0, 0.1) is 11.7 Å². The Bertz CT molecular complexity index is 411. The van der Waals surface area contributed by atoms with Crippen molar-refractivity contribution in [3.8, 4) is 0 Å². The Morgan fingerprint density at radius 2 is 2.22 bits per heavy atom. The van der Waals surface area contributed by atoms with E-state index in [1.165, 1.54) is 25.3 Å². The zero-order valence-electron chi connectivity index (χ0n) is 10.7. The van der Waals surface area contributed by atoms with Crippen LogP contribution in [0.4, 0.5) is 4.39 Å². The van der Waals surface area contributed by atoms with Gasteiger partial charge in [-0.3, -0.25) is 4.90 Å². The van der Waals surface area contributed by atoms with E-state index in [-0.39, 0.29) is 10.8 Å². The van der Waals surface area contributed by atoms with Gasteiger partial charge in [0.2, 0.25) is 0 Å². The summed E-state index contributed by atoms with van der Waals surface area (Å²) in [5, 5.41) is 0.197. The average molecular weight is 271 g/mol. The van der Waals surface area contributed by atoms with Crippen LogP contribution in [0.25, 0.3) is 0 Å². The number of hydrogen-bond acceptors (Lipinski definition) is 2. The second-order valence-electron chi connectivity index (χ2n) is 5.16. The maximum Gasteiger partial charge on any atom is 0.141 e. The molecule has 100 valence electrons. The van der Waals surface area contributed by atoms with Gasteiger partial charge in [-0.15, -0.1) is 0 Å². The summed E-state index contributed by atoms with van der Waals surface area (Å²) in [6.45, 7) is 1.54. The maximum absolute atomic E-state index is 13.1. The van der Waals surface area contributed by atoms with Crippen molar-refractivity contribution in [3.05, 3.63) is 34.6 Å². The lowest BCUT2D eigenvalue weighted by molar-refractivity contribution is 0.193. The van der Waals surface area contributed by atoms with E-state index in [2.05, 4.69) is 11.9 Å². The van der Waals surface area contributed by atoms with Gasteiger partial charge in [-0.2, -0.15) is 0 Å². The summed E-state index contributed by atoms with van der Waals surface area (Å²) in [5.74, 6) is 0.231. The molecule has 0 spiro atoms. The lowest BCUT2D eigenvalue weighted by Crippen LogP contribution is -2.37. The van der Waals surface area contributed by atoms with Crippen LogP contribution in [0.5, 0.6) is 0 Å². The highest BCUT2D eigenvalue weighted by molar-refractivity contribution is 6.30. The van der Waals surface area contributed by atoms with Crippen LogP contribution in [0.2, 0.25) is 5.02 Å². The molecule has 1 aromatic carbocycles. The van der Waals surface area contributed by atoms with Crippen LogP contribution in [0.3, 0.4) is 0 Å². The number of nitrogens with two attached hydrogens (primary N) is 1. The smallest absolute Gasteiger partial charge is 0.141 e. The second kappa shape index (κ2) is 6.00. The van der Waals surface area contributed by atoms with Crippen molar-refractivity contribution in [3.63, 3.8) is 0 Å². The number of halogens is 2. The lowest BCUT2D eigenvalue weighted by atomic mass is 10.0. The van der Waals surface area contributed by atoms with E-state index in [1.54, 1.807) is 12.1 Å². The molecule has 2 unspecified atom stereocenters. The zero-order chi connectivity index (χ0) is 13.1. The standard InChI is InChI=1S/C14H20ClFN2/c1-18(14-4-2-3-11(14)8-17)9-10-5-6-13(16)12(15)7-10/h5-7,11,14H,2-4,8-9,17H2,1H3. The molecular formula is C14H20ClFN2. The average Bonchev–Trinajstić information content (AvgIpc) is 2.82. The van der Waals surface area contributed by atoms with Crippen LogP contribution in [0.15, 0.2) is 18.2 Å². The largest absolute Gasteiger partial charge is 0.330 e. The van der Waals surface area contributed by atoms with Gasteiger partial charge in [0.15, 0.2) is 0 Å². The van der Waals surface area contributed by atoms with Crippen LogP contribution >= 0.6 is 11.6 Å². The third-order valence-corrected chi connectivity index (χ3v) is 4.19. The van der Waals surface area contributed by atoms with Gasteiger partial charge in [0, 0.05) is 12.6 Å². The van der Waals surface area contributed by atoms with Crippen LogP contribution in [-0.2, 0) is 6.54 Å². The van der Waals surface area contributed by atoms with Crippen molar-refractivity contribution >= 4 is 11.6 Å². The summed E-state index contributed by atoms with van der Waals surface area (Å²) in [5.41, 5.74) is 6.85. The Morgan fingerprint density at radius 1 is 1.44 bits per heavy atom. The Labute approximate surface area is 113 Å². The molecular weight excluding hydrogens is 251 g/mol. The first kappa shape index (κ1) is 13.8. The molecule has 0 aliphatic heterocycles. The number of benzene rings is 1. The van der Waals surface area contributed by atoms with E-state index in [4.69, 9.17) is 17.3 Å². The highest BCUT2D eigenvalue weighted by Crippen LogP contribution is 2.29. The molecule has 0 amide bonds. The lowest BCUT2D eigenvalue weighted by Gasteiger charge is -2.29. The fourth-order valence-corrected chi connectivity index (χ4v) is 3.12. The van der Waals surface area contributed by atoms with Crippen molar-refractivity contribution in [2.24, 2.45) is 11.7 Å². The summed E-state index contributed by atoms with van der Waals surface area (Å²) >= 11 is 5.80. The fraction of sp³-hybridized carbons (Fsp3) is 0.571. The molecule has 0 aromatic heterocycles. The molecule has 0 radical (unpaired) electrons. The van der Waals surface area contributed by atoms with Crippen LogP contribution in [0.1, 0.15) is 24.8 Å². The first-order valence-electron chi connectivity index (χ1n) is 6.46. The molecule has 1 saturated carbocycles. The minimum atomic E-state index is -0.358. The summed E-state index contributed by atoms with van der Waals surface area (Å²) in [7, 11) is 2.11. The molecule has 1 aromatic rings. The molecule has 18 heavy (non-hydrogen) atoms. The summed E-state index contributed by atoms with van der Waals surface area (Å²) in [6.07, 6.45) is 3.67. The number of nitrogens with zero attached hydrogens (tertiary/aromatic N) is 1. The predicted octanol–water partition coefficient (Wildman–Crippen LogP) is 3.04. The Kier molecular flexibility index (Phi) is 4.60. The first-order valence-corrected chi connectivity index (χ1v) is 6.84. The fourth-order valence-electron chi connectivity index (χ4n) is 2.92. The molecule has 0 bridgehead atoms. The zero-order valence-corrected chi connectivity index (χ0v) is 11.5. The van der Waals surface area contributed by atoms with Crippen LogP contribution in [-0.4, -0.2) is 24.5 Å². The quantitative estimate of drug-likeness (QED) is 0.911. The molecule has 1 fully saturated rings. The molecule has 2 atom stereocenters. The third kappa shape index (κ3) is 3.02. The molecule has 2 rings (SSSR count). The molecule has 0 heterocycles. The van der Waals surface area contributed by atoms with Gasteiger partial charge < -0.3 is 5.73 Å². The van der Waals surface area contributed by atoms with Gasteiger partial charge in [-0.1, -0.05) is 24.1 Å². The Balaban J connectivity index is 2.02. The van der Waals surface area contributed by atoms with Gasteiger partial charge in [0.25, 0.3) is 0 Å². The molecule has 2 N–H and O–H groups in total. The van der Waals surface area contributed by atoms with Crippen molar-refractivity contribution in [2.45, 2.75) is 31.8 Å². The van der Waals surface area contributed by atoms with Crippen LogP contribution < -0.4 is 5.73 Å². The summed E-state index contributed by atoms with van der Waals surface area (Å²) in [4.78, 5) is 2.31. The highest BCUT2D eigenvalue weighted by atomic mass is 35.5. The van der Waals surface area contributed by atoms with Gasteiger partial charge >= 0.3 is 0 Å². The van der Waals surface area contributed by atoms with E-state index in [1.807, 2.05) is 0 Å². The van der Waals surface area contributed by atoms with E-state index in [0.717, 1.165) is 18.7 Å². The van der Waals surface area contributed by atoms with Gasteiger partial charge in [0.05, 0.1) is 5.02 Å². The van der Waals surface area contributed by atoms with E-state index < -0.39 is 0 Å². The van der Waals surface area contributed by atoms with Crippen molar-refractivity contribution in [1.82, 2.24) is 4.90 Å². The molecule has 2 nitrogen and oxygen atoms in total. The topological polar surface area (TPSA) is 29.3 Å². The van der Waals surface area contributed by atoms with Gasteiger partial charge in [-0.05, 0) is 50.0 Å². The third-order valence-electron chi connectivity index (χ3n) is 3.90.